The minimum absolute atomic E-state index is 0.00740. The molecule has 29 heavy (non-hydrogen) atoms. The van der Waals surface area contributed by atoms with Gasteiger partial charge in [0.2, 0.25) is 5.91 Å². The molecule has 4 aliphatic rings. The maximum absolute atomic E-state index is 12.7. The van der Waals surface area contributed by atoms with Crippen molar-refractivity contribution in [3.8, 4) is 17.3 Å². The molecule has 6 heteroatoms. The van der Waals surface area contributed by atoms with E-state index < -0.39 is 5.41 Å². The topological polar surface area (TPSA) is 82.2 Å². The lowest BCUT2D eigenvalue weighted by Crippen LogP contribution is -2.60. The number of hydrogen-bond donors (Lipinski definition) is 1. The average molecular weight is 388 g/mol. The number of nitriles is 1. The van der Waals surface area contributed by atoms with E-state index in [9.17, 15) is 15.2 Å². The van der Waals surface area contributed by atoms with Crippen LogP contribution in [0.5, 0.6) is 0 Å². The number of aromatic nitrogens is 2. The Morgan fingerprint density at radius 1 is 1.21 bits per heavy atom. The molecule has 3 atom stereocenters. The number of likely N-dealkylation sites (tertiary alicyclic amines) is 1. The predicted octanol–water partition coefficient (Wildman–Crippen LogP) is 2.75. The predicted molar refractivity (Wildman–Crippen MR) is 105 cm³/mol. The Bertz CT molecular complexity index is 1040. The molecule has 1 saturated heterocycles. The minimum Gasteiger partial charge on any atom is -0.392 e. The first-order chi connectivity index (χ1) is 14.1. The summed E-state index contributed by atoms with van der Waals surface area (Å²) in [5.74, 6) is 0.177. The van der Waals surface area contributed by atoms with Gasteiger partial charge in [-0.15, -0.1) is 0 Å². The summed E-state index contributed by atoms with van der Waals surface area (Å²) in [6, 6.07) is 10.8. The highest BCUT2D eigenvalue weighted by Crippen LogP contribution is 2.60. The average Bonchev–Trinajstić information content (AvgIpc) is 3.32. The van der Waals surface area contributed by atoms with Crippen molar-refractivity contribution in [3.05, 3.63) is 42.4 Å². The molecule has 148 valence electrons. The molecule has 2 aliphatic carbocycles. The molecule has 3 heterocycles. The largest absolute Gasteiger partial charge is 0.392 e. The number of aliphatic hydroxyl groups is 1. The number of piperidine rings is 1. The van der Waals surface area contributed by atoms with Gasteiger partial charge in [0.25, 0.3) is 0 Å². The summed E-state index contributed by atoms with van der Waals surface area (Å²) in [6.07, 6.45) is 7.42. The number of carbonyl (C=O) groups is 1. The molecule has 3 fully saturated rings. The molecular weight excluding hydrogens is 364 g/mol. The number of carbonyl (C=O) groups excluding carboxylic acids is 1. The van der Waals surface area contributed by atoms with Gasteiger partial charge in [-0.25, -0.2) is 4.98 Å². The summed E-state index contributed by atoms with van der Waals surface area (Å²) in [5, 5.41) is 20.6. The van der Waals surface area contributed by atoms with E-state index >= 15 is 0 Å². The lowest BCUT2D eigenvalue weighted by Gasteiger charge is -2.58. The number of fused-ring (bicyclic) bond motifs is 3. The SMILES string of the molecule is N#CC1(C(=O)N2CCC3(CC2)C[C@@H](C2c4ccccc4-c4cncn42)[C@H]3O)CC1. The third-order valence-electron chi connectivity index (χ3n) is 8.02. The van der Waals surface area contributed by atoms with Crippen molar-refractivity contribution >= 4 is 5.91 Å². The standard InChI is InChI=1S/C23H24N4O2/c24-13-23(5-6-23)21(29)26-9-7-22(8-10-26)11-17(20(22)28)19-16-4-2-1-3-15(16)18-12-25-14-27(18)19/h1-4,12,14,17,19-20,28H,5-11H2/t17-,19?,20+/m0/s1. The Kier molecular flexibility index (Phi) is 3.39. The number of benzene rings is 1. The molecule has 1 unspecified atom stereocenters. The van der Waals surface area contributed by atoms with Crippen LogP contribution in [0.15, 0.2) is 36.8 Å². The Morgan fingerprint density at radius 3 is 2.66 bits per heavy atom. The minimum atomic E-state index is -0.739. The van der Waals surface area contributed by atoms with Gasteiger partial charge >= 0.3 is 0 Å². The van der Waals surface area contributed by atoms with Crippen LogP contribution in [0, 0.1) is 28.1 Å². The van der Waals surface area contributed by atoms with Gasteiger partial charge in [-0.3, -0.25) is 4.79 Å². The first kappa shape index (κ1) is 17.2. The van der Waals surface area contributed by atoms with Crippen molar-refractivity contribution < 1.29 is 9.90 Å². The van der Waals surface area contributed by atoms with Crippen LogP contribution in [0.3, 0.4) is 0 Å². The monoisotopic (exact) mass is 388 g/mol. The van der Waals surface area contributed by atoms with Crippen molar-refractivity contribution in [2.75, 3.05) is 13.1 Å². The van der Waals surface area contributed by atoms with Gasteiger partial charge in [-0.2, -0.15) is 5.26 Å². The Hall–Kier alpha value is -2.65. The summed E-state index contributed by atoms with van der Waals surface area (Å²) in [5.41, 5.74) is 2.79. The summed E-state index contributed by atoms with van der Waals surface area (Å²) >= 11 is 0. The third kappa shape index (κ3) is 2.20. The quantitative estimate of drug-likeness (QED) is 0.858. The maximum Gasteiger partial charge on any atom is 0.243 e. The van der Waals surface area contributed by atoms with Crippen LogP contribution in [0.1, 0.15) is 43.7 Å². The third-order valence-corrected chi connectivity index (χ3v) is 8.02. The first-order valence-electron chi connectivity index (χ1n) is 10.6. The van der Waals surface area contributed by atoms with E-state index in [1.807, 2.05) is 17.4 Å². The first-order valence-corrected chi connectivity index (χ1v) is 10.6. The van der Waals surface area contributed by atoms with Gasteiger partial charge in [-0.05, 0) is 37.7 Å². The molecular formula is C23H24N4O2. The number of nitrogens with zero attached hydrogens (tertiary/aromatic N) is 4. The highest BCUT2D eigenvalue weighted by atomic mass is 16.3. The molecule has 1 spiro atoms. The van der Waals surface area contributed by atoms with Gasteiger partial charge in [0.1, 0.15) is 5.41 Å². The summed E-state index contributed by atoms with van der Waals surface area (Å²) in [4.78, 5) is 18.9. The van der Waals surface area contributed by atoms with E-state index in [0.29, 0.717) is 25.9 Å². The van der Waals surface area contributed by atoms with Crippen LogP contribution in [0.4, 0.5) is 0 Å². The highest BCUT2D eigenvalue weighted by Gasteiger charge is 2.59. The van der Waals surface area contributed by atoms with E-state index in [1.165, 1.54) is 11.1 Å². The normalized spacial score (nSPS) is 30.2. The lowest BCUT2D eigenvalue weighted by molar-refractivity contribution is -0.165. The number of amides is 1. The maximum atomic E-state index is 12.7. The summed E-state index contributed by atoms with van der Waals surface area (Å²) in [6.45, 7) is 1.31. The van der Waals surface area contributed by atoms with Crippen molar-refractivity contribution in [2.24, 2.45) is 16.7 Å². The molecule has 1 amide bonds. The molecule has 1 aromatic heterocycles. The second kappa shape index (κ2) is 5.70. The van der Waals surface area contributed by atoms with Crippen LogP contribution < -0.4 is 0 Å². The Balaban J connectivity index is 1.20. The fourth-order valence-corrected chi connectivity index (χ4v) is 6.05. The van der Waals surface area contributed by atoms with Crippen molar-refractivity contribution in [2.45, 2.75) is 44.2 Å². The highest BCUT2D eigenvalue weighted by molar-refractivity contribution is 5.88. The molecule has 2 saturated carbocycles. The van der Waals surface area contributed by atoms with Gasteiger partial charge in [0, 0.05) is 30.0 Å². The number of aliphatic hydroxyl groups excluding tert-OH is 1. The molecule has 2 aromatic rings. The second-order valence-corrected chi connectivity index (χ2v) is 9.38. The van der Waals surface area contributed by atoms with Gasteiger partial charge in [-0.1, -0.05) is 24.3 Å². The van der Waals surface area contributed by atoms with Crippen LogP contribution in [-0.2, 0) is 4.79 Å². The zero-order valence-electron chi connectivity index (χ0n) is 16.3. The molecule has 6 nitrogen and oxygen atoms in total. The molecule has 1 aromatic carbocycles. The molecule has 6 rings (SSSR count). The lowest BCUT2D eigenvalue weighted by atomic mass is 9.53. The second-order valence-electron chi connectivity index (χ2n) is 9.38. The van der Waals surface area contributed by atoms with Crippen molar-refractivity contribution in [1.29, 1.82) is 5.26 Å². The van der Waals surface area contributed by atoms with Crippen LogP contribution in [0.2, 0.25) is 0 Å². The number of hydrogen-bond acceptors (Lipinski definition) is 4. The van der Waals surface area contributed by atoms with Crippen LogP contribution >= 0.6 is 0 Å². The Morgan fingerprint density at radius 2 is 1.97 bits per heavy atom. The van der Waals surface area contributed by atoms with Crippen LogP contribution in [-0.4, -0.2) is 44.7 Å². The van der Waals surface area contributed by atoms with Gasteiger partial charge in [0.15, 0.2) is 0 Å². The summed E-state index contributed by atoms with van der Waals surface area (Å²) in [7, 11) is 0. The van der Waals surface area contributed by atoms with E-state index in [4.69, 9.17) is 0 Å². The fourth-order valence-electron chi connectivity index (χ4n) is 6.05. The molecule has 2 aliphatic heterocycles. The summed E-state index contributed by atoms with van der Waals surface area (Å²) < 4.78 is 2.22. The van der Waals surface area contributed by atoms with Gasteiger partial charge in [0.05, 0.1) is 36.4 Å². The van der Waals surface area contributed by atoms with E-state index in [-0.39, 0.29) is 29.4 Å². The van der Waals surface area contributed by atoms with E-state index in [0.717, 1.165) is 25.0 Å². The van der Waals surface area contributed by atoms with Crippen LogP contribution in [0.25, 0.3) is 11.3 Å². The number of rotatable bonds is 2. The zero-order chi connectivity index (χ0) is 19.8. The Labute approximate surface area is 169 Å². The molecule has 0 bridgehead atoms. The van der Waals surface area contributed by atoms with Crippen molar-refractivity contribution in [3.63, 3.8) is 0 Å². The smallest absolute Gasteiger partial charge is 0.243 e. The van der Waals surface area contributed by atoms with Gasteiger partial charge < -0.3 is 14.6 Å². The van der Waals surface area contributed by atoms with E-state index in [1.54, 1.807) is 0 Å². The van der Waals surface area contributed by atoms with Crippen molar-refractivity contribution in [1.82, 2.24) is 14.5 Å². The fraction of sp³-hybridized carbons (Fsp3) is 0.522. The zero-order valence-corrected chi connectivity index (χ0v) is 16.3. The van der Waals surface area contributed by atoms with E-state index in [2.05, 4.69) is 39.9 Å². The number of imidazole rings is 1. The molecule has 0 radical (unpaired) electrons. The molecule has 1 N–H and O–H groups in total.